The zero-order chi connectivity index (χ0) is 25.5. The fourth-order valence-corrected chi connectivity index (χ4v) is 4.07. The summed E-state index contributed by atoms with van der Waals surface area (Å²) in [4.78, 5) is 14.9. The number of carbonyl (C=O) groups excluding carboxylic acids is 1. The lowest BCUT2D eigenvalue weighted by Crippen LogP contribution is -2.39. The normalized spacial score (nSPS) is 14.8. The predicted octanol–water partition coefficient (Wildman–Crippen LogP) is 4.59. The minimum atomic E-state index is -0.256. The molecule has 1 aliphatic heterocycles. The Kier molecular flexibility index (Phi) is 8.17. The molecule has 0 aliphatic carbocycles. The number of rotatable bonds is 10. The van der Waals surface area contributed by atoms with Crippen LogP contribution in [0, 0.1) is 0 Å². The number of anilines is 1. The maximum Gasteiger partial charge on any atom is 0.322 e. The van der Waals surface area contributed by atoms with Crippen molar-refractivity contribution in [2.45, 2.75) is 25.5 Å². The van der Waals surface area contributed by atoms with Crippen molar-refractivity contribution < 1.29 is 33.0 Å². The van der Waals surface area contributed by atoms with Crippen molar-refractivity contribution in [1.82, 2.24) is 10.1 Å². The molecular weight excluding hydrogens is 466 g/mol. The first-order chi connectivity index (χ1) is 17.5. The standard InChI is InChI=1S/C26H31N3O7/c1-31-20-9-7-18(8-10-20)27-26(30)29(16-21-6-5-11-35-21)15-19-14-22(36-28-19)17-12-23(32-2)25(34-4)24(13-17)33-3/h7-10,12-14,21H,5-6,11,15-16H2,1-4H3,(H,27,30). The first-order valence-corrected chi connectivity index (χ1v) is 11.6. The van der Waals surface area contributed by atoms with Gasteiger partial charge in [-0.3, -0.25) is 0 Å². The van der Waals surface area contributed by atoms with E-state index in [2.05, 4.69) is 10.5 Å². The van der Waals surface area contributed by atoms with E-state index in [1.54, 1.807) is 75.8 Å². The van der Waals surface area contributed by atoms with Crippen LogP contribution in [0.2, 0.25) is 0 Å². The highest BCUT2D eigenvalue weighted by molar-refractivity contribution is 5.89. The quantitative estimate of drug-likeness (QED) is 0.434. The van der Waals surface area contributed by atoms with Gasteiger partial charge in [0.2, 0.25) is 5.75 Å². The molecule has 0 saturated carbocycles. The van der Waals surface area contributed by atoms with Gasteiger partial charge in [-0.05, 0) is 49.2 Å². The largest absolute Gasteiger partial charge is 0.497 e. The molecule has 10 nitrogen and oxygen atoms in total. The third-order valence-corrected chi connectivity index (χ3v) is 5.94. The lowest BCUT2D eigenvalue weighted by atomic mass is 10.1. The summed E-state index contributed by atoms with van der Waals surface area (Å²) < 4.78 is 32.8. The third kappa shape index (κ3) is 5.83. The highest BCUT2D eigenvalue weighted by Crippen LogP contribution is 2.41. The van der Waals surface area contributed by atoms with Crippen LogP contribution in [0.3, 0.4) is 0 Å². The van der Waals surface area contributed by atoms with E-state index >= 15 is 0 Å². The lowest BCUT2D eigenvalue weighted by molar-refractivity contribution is 0.0814. The van der Waals surface area contributed by atoms with Crippen molar-refractivity contribution in [2.24, 2.45) is 0 Å². The number of amides is 2. The summed E-state index contributed by atoms with van der Waals surface area (Å²) in [6.07, 6.45) is 1.86. The molecule has 2 amide bonds. The fraction of sp³-hybridized carbons (Fsp3) is 0.385. The Morgan fingerprint density at radius 3 is 2.33 bits per heavy atom. The summed E-state index contributed by atoms with van der Waals surface area (Å²) in [5.41, 5.74) is 1.97. The molecule has 36 heavy (non-hydrogen) atoms. The van der Waals surface area contributed by atoms with Gasteiger partial charge in [0.05, 0.1) is 41.1 Å². The Labute approximate surface area is 210 Å². The monoisotopic (exact) mass is 497 g/mol. The van der Waals surface area contributed by atoms with Gasteiger partial charge in [0.25, 0.3) is 0 Å². The highest BCUT2D eigenvalue weighted by atomic mass is 16.5. The van der Waals surface area contributed by atoms with Crippen molar-refractivity contribution in [1.29, 1.82) is 0 Å². The van der Waals surface area contributed by atoms with E-state index in [4.69, 9.17) is 28.2 Å². The van der Waals surface area contributed by atoms with Gasteiger partial charge >= 0.3 is 6.03 Å². The molecule has 2 aromatic carbocycles. The summed E-state index contributed by atoms with van der Waals surface area (Å²) in [7, 11) is 6.25. The summed E-state index contributed by atoms with van der Waals surface area (Å²) in [6.45, 7) is 1.39. The van der Waals surface area contributed by atoms with Gasteiger partial charge in [0.1, 0.15) is 11.4 Å². The zero-order valence-corrected chi connectivity index (χ0v) is 20.9. The number of urea groups is 1. The van der Waals surface area contributed by atoms with Gasteiger partial charge in [0.15, 0.2) is 17.3 Å². The maximum atomic E-state index is 13.2. The molecule has 3 aromatic rings. The zero-order valence-electron chi connectivity index (χ0n) is 20.9. The van der Waals surface area contributed by atoms with Crippen molar-refractivity contribution in [2.75, 3.05) is 46.9 Å². The van der Waals surface area contributed by atoms with Crippen LogP contribution in [0.5, 0.6) is 23.0 Å². The molecule has 1 atom stereocenters. The number of methoxy groups -OCH3 is 4. The van der Waals surface area contributed by atoms with Gasteiger partial charge in [-0.2, -0.15) is 0 Å². The Bertz CT molecular complexity index is 1130. The van der Waals surface area contributed by atoms with E-state index in [9.17, 15) is 4.79 Å². The van der Waals surface area contributed by atoms with Gasteiger partial charge < -0.3 is 38.4 Å². The molecule has 1 unspecified atom stereocenters. The number of benzene rings is 2. The Balaban J connectivity index is 1.53. The molecule has 4 rings (SSSR count). The summed E-state index contributed by atoms with van der Waals surface area (Å²) >= 11 is 0. The molecule has 1 aromatic heterocycles. The van der Waals surface area contributed by atoms with Crippen LogP contribution >= 0.6 is 0 Å². The number of ether oxygens (including phenoxy) is 5. The summed E-state index contributed by atoms with van der Waals surface area (Å²) in [5, 5.41) is 7.15. The molecule has 192 valence electrons. The molecule has 0 bridgehead atoms. The van der Waals surface area contributed by atoms with Crippen molar-refractivity contribution in [3.63, 3.8) is 0 Å². The Morgan fingerprint density at radius 2 is 1.75 bits per heavy atom. The average molecular weight is 498 g/mol. The van der Waals surface area contributed by atoms with E-state index in [0.717, 1.165) is 12.8 Å². The Morgan fingerprint density at radius 1 is 1.03 bits per heavy atom. The summed E-state index contributed by atoms with van der Waals surface area (Å²) in [6, 6.07) is 12.3. The predicted molar refractivity (Wildman–Crippen MR) is 133 cm³/mol. The minimum Gasteiger partial charge on any atom is -0.497 e. The molecule has 10 heteroatoms. The maximum absolute atomic E-state index is 13.2. The number of nitrogens with zero attached hydrogens (tertiary/aromatic N) is 2. The van der Waals surface area contributed by atoms with Crippen LogP contribution < -0.4 is 24.3 Å². The van der Waals surface area contributed by atoms with Crippen LogP contribution in [-0.4, -0.2) is 63.8 Å². The molecule has 1 aliphatic rings. The first-order valence-electron chi connectivity index (χ1n) is 11.6. The second-order valence-electron chi connectivity index (χ2n) is 8.27. The molecule has 1 N–H and O–H groups in total. The third-order valence-electron chi connectivity index (χ3n) is 5.94. The lowest BCUT2D eigenvalue weighted by Gasteiger charge is -2.25. The minimum absolute atomic E-state index is 0.0203. The highest BCUT2D eigenvalue weighted by Gasteiger charge is 2.25. The molecule has 0 spiro atoms. The van der Waals surface area contributed by atoms with E-state index in [0.29, 0.717) is 58.9 Å². The number of hydrogen-bond donors (Lipinski definition) is 1. The number of aromatic nitrogens is 1. The summed E-state index contributed by atoms with van der Waals surface area (Å²) in [5.74, 6) is 2.72. The second kappa shape index (κ2) is 11.7. The van der Waals surface area contributed by atoms with Gasteiger partial charge in [0, 0.05) is 30.5 Å². The van der Waals surface area contributed by atoms with E-state index in [1.807, 2.05) is 0 Å². The number of carbonyl (C=O) groups is 1. The van der Waals surface area contributed by atoms with Crippen molar-refractivity contribution >= 4 is 11.7 Å². The number of nitrogens with one attached hydrogen (secondary N) is 1. The fourth-order valence-electron chi connectivity index (χ4n) is 4.07. The molecular formula is C26H31N3O7. The van der Waals surface area contributed by atoms with Crippen LogP contribution in [-0.2, 0) is 11.3 Å². The second-order valence-corrected chi connectivity index (χ2v) is 8.27. The van der Waals surface area contributed by atoms with Crippen LogP contribution in [0.4, 0.5) is 10.5 Å². The average Bonchev–Trinajstić information content (AvgIpc) is 3.60. The molecule has 2 heterocycles. The molecule has 1 fully saturated rings. The van der Waals surface area contributed by atoms with E-state index in [-0.39, 0.29) is 18.7 Å². The van der Waals surface area contributed by atoms with E-state index in [1.165, 1.54) is 0 Å². The Hall–Kier alpha value is -3.92. The van der Waals surface area contributed by atoms with Crippen molar-refractivity contribution in [3.05, 3.63) is 48.2 Å². The SMILES string of the molecule is COc1ccc(NC(=O)N(Cc2cc(-c3cc(OC)c(OC)c(OC)c3)on2)CC2CCCO2)cc1. The van der Waals surface area contributed by atoms with Crippen LogP contribution in [0.1, 0.15) is 18.5 Å². The van der Waals surface area contributed by atoms with Gasteiger partial charge in [-0.1, -0.05) is 5.16 Å². The van der Waals surface area contributed by atoms with Crippen LogP contribution in [0.25, 0.3) is 11.3 Å². The van der Waals surface area contributed by atoms with Crippen molar-refractivity contribution in [3.8, 4) is 34.3 Å². The van der Waals surface area contributed by atoms with Gasteiger partial charge in [-0.15, -0.1) is 0 Å². The molecule has 1 saturated heterocycles. The van der Waals surface area contributed by atoms with E-state index < -0.39 is 0 Å². The first kappa shape index (κ1) is 25.2. The molecule has 0 radical (unpaired) electrons. The smallest absolute Gasteiger partial charge is 0.322 e. The van der Waals surface area contributed by atoms with Crippen LogP contribution in [0.15, 0.2) is 47.0 Å². The topological polar surface area (TPSA) is 105 Å². The van der Waals surface area contributed by atoms with Gasteiger partial charge in [-0.25, -0.2) is 4.79 Å². The number of hydrogen-bond acceptors (Lipinski definition) is 8.